The molecule has 1 aromatic heterocycles. The quantitative estimate of drug-likeness (QED) is 0.370. The predicted molar refractivity (Wildman–Crippen MR) is 92.2 cm³/mol. The number of hydrogen-bond donors (Lipinski definition) is 1. The van der Waals surface area contributed by atoms with Crippen molar-refractivity contribution in [3.63, 3.8) is 0 Å². The Morgan fingerprint density at radius 3 is 2.80 bits per heavy atom. The first kappa shape index (κ1) is 18.6. The van der Waals surface area contributed by atoms with Gasteiger partial charge in [0, 0.05) is 30.5 Å². The van der Waals surface area contributed by atoms with Crippen molar-refractivity contribution in [2.24, 2.45) is 0 Å². The number of hydrogen-bond acceptors (Lipinski definition) is 6. The van der Waals surface area contributed by atoms with Crippen molar-refractivity contribution in [2.45, 2.75) is 27.2 Å². The number of ketones is 1. The summed E-state index contributed by atoms with van der Waals surface area (Å²) >= 11 is 0. The summed E-state index contributed by atoms with van der Waals surface area (Å²) in [7, 11) is 0. The Balaban J connectivity index is 2.22. The van der Waals surface area contributed by atoms with E-state index in [1.165, 1.54) is 0 Å². The summed E-state index contributed by atoms with van der Waals surface area (Å²) in [6, 6.07) is 3.72. The standard InChI is InChI=1S/C19H21NO5/c1-4-14(15-7-5-8-20-12(15)2)11-16-18(22)17(13(3)25-16)19(23)24-10-6-9-21/h4-5,7-8,11,21H,6,9-10H2,1-3H3/b14-4-,16-11-. The van der Waals surface area contributed by atoms with E-state index in [-0.39, 0.29) is 30.3 Å². The monoisotopic (exact) mass is 343 g/mol. The molecule has 0 bridgehead atoms. The van der Waals surface area contributed by atoms with E-state index in [1.54, 1.807) is 19.2 Å². The molecule has 132 valence electrons. The summed E-state index contributed by atoms with van der Waals surface area (Å²) in [6.45, 7) is 5.24. The fraction of sp³-hybridized carbons (Fsp3) is 0.316. The molecule has 6 heteroatoms. The van der Waals surface area contributed by atoms with Gasteiger partial charge in [-0.25, -0.2) is 4.79 Å². The lowest BCUT2D eigenvalue weighted by atomic mass is 10.0. The van der Waals surface area contributed by atoms with Gasteiger partial charge in [0.2, 0.25) is 5.78 Å². The molecule has 1 aliphatic rings. The van der Waals surface area contributed by atoms with Crippen molar-refractivity contribution in [1.29, 1.82) is 0 Å². The zero-order valence-electron chi connectivity index (χ0n) is 14.5. The minimum absolute atomic E-state index is 0.0490. The fourth-order valence-electron chi connectivity index (χ4n) is 2.43. The van der Waals surface area contributed by atoms with Crippen LogP contribution in [0.1, 0.15) is 31.5 Å². The van der Waals surface area contributed by atoms with Gasteiger partial charge in [-0.05, 0) is 38.5 Å². The number of carbonyl (C=O) groups is 2. The molecule has 1 N–H and O–H groups in total. The van der Waals surface area contributed by atoms with Crippen LogP contribution in [0.15, 0.2) is 47.6 Å². The molecule has 6 nitrogen and oxygen atoms in total. The van der Waals surface area contributed by atoms with Gasteiger partial charge >= 0.3 is 5.97 Å². The van der Waals surface area contributed by atoms with Crippen LogP contribution in [0.25, 0.3) is 5.57 Å². The van der Waals surface area contributed by atoms with E-state index in [9.17, 15) is 9.59 Å². The maximum Gasteiger partial charge on any atom is 0.345 e. The molecule has 0 fully saturated rings. The van der Waals surface area contributed by atoms with Gasteiger partial charge in [0.05, 0.1) is 6.61 Å². The summed E-state index contributed by atoms with van der Waals surface area (Å²) in [5, 5.41) is 8.73. The molecule has 0 aliphatic carbocycles. The Morgan fingerprint density at radius 2 is 2.16 bits per heavy atom. The van der Waals surface area contributed by atoms with Crippen LogP contribution >= 0.6 is 0 Å². The zero-order chi connectivity index (χ0) is 18.4. The van der Waals surface area contributed by atoms with Gasteiger partial charge in [0.25, 0.3) is 0 Å². The molecule has 25 heavy (non-hydrogen) atoms. The van der Waals surface area contributed by atoms with Crippen LogP contribution in [0.4, 0.5) is 0 Å². The number of ether oxygens (including phenoxy) is 2. The van der Waals surface area contributed by atoms with Gasteiger partial charge in [-0.15, -0.1) is 0 Å². The third kappa shape index (κ3) is 4.22. The van der Waals surface area contributed by atoms with E-state index < -0.39 is 11.8 Å². The van der Waals surface area contributed by atoms with Gasteiger partial charge in [0.1, 0.15) is 11.3 Å². The minimum atomic E-state index is -0.737. The number of Topliss-reactive ketones (excluding diaryl/α,β-unsaturated/α-hetero) is 1. The van der Waals surface area contributed by atoms with Crippen LogP contribution in [0.5, 0.6) is 0 Å². The van der Waals surface area contributed by atoms with Crippen molar-refractivity contribution in [3.8, 4) is 0 Å². The van der Waals surface area contributed by atoms with E-state index in [0.29, 0.717) is 6.42 Å². The molecule has 0 saturated carbocycles. The van der Waals surface area contributed by atoms with Crippen LogP contribution in [-0.2, 0) is 19.1 Å². The van der Waals surface area contributed by atoms with E-state index in [4.69, 9.17) is 14.6 Å². The maximum absolute atomic E-state index is 12.5. The van der Waals surface area contributed by atoms with Crippen LogP contribution in [0, 0.1) is 6.92 Å². The third-order valence-corrected chi connectivity index (χ3v) is 3.72. The highest BCUT2D eigenvalue weighted by atomic mass is 16.5. The normalized spacial score (nSPS) is 16.4. The molecule has 0 radical (unpaired) electrons. The molecule has 0 amide bonds. The van der Waals surface area contributed by atoms with Crippen LogP contribution in [-0.4, -0.2) is 35.1 Å². The summed E-state index contributed by atoms with van der Waals surface area (Å²) in [4.78, 5) is 28.8. The minimum Gasteiger partial charge on any atom is -0.462 e. The van der Waals surface area contributed by atoms with Crippen molar-refractivity contribution in [1.82, 2.24) is 4.98 Å². The second-order valence-corrected chi connectivity index (χ2v) is 5.46. The van der Waals surface area contributed by atoms with E-state index >= 15 is 0 Å². The Hall–Kier alpha value is -2.73. The van der Waals surface area contributed by atoms with E-state index in [2.05, 4.69) is 4.98 Å². The maximum atomic E-state index is 12.5. The lowest BCUT2D eigenvalue weighted by molar-refractivity contribution is -0.140. The Bertz CT molecular complexity index is 774. The average molecular weight is 343 g/mol. The second kappa shape index (κ2) is 8.39. The van der Waals surface area contributed by atoms with Gasteiger partial charge in [-0.3, -0.25) is 9.78 Å². The van der Waals surface area contributed by atoms with Crippen molar-refractivity contribution < 1.29 is 24.2 Å². The number of pyridine rings is 1. The largest absolute Gasteiger partial charge is 0.462 e. The van der Waals surface area contributed by atoms with Gasteiger partial charge in [-0.1, -0.05) is 12.1 Å². The molecule has 0 spiro atoms. The number of aliphatic hydroxyl groups is 1. The Morgan fingerprint density at radius 1 is 1.40 bits per heavy atom. The number of esters is 1. The topological polar surface area (TPSA) is 85.7 Å². The SMILES string of the molecule is C/C=C(/C=C1\OC(C)=C(C(=O)OCCCO)C1=O)c1cccnc1C. The van der Waals surface area contributed by atoms with E-state index in [0.717, 1.165) is 16.8 Å². The first-order valence-electron chi connectivity index (χ1n) is 8.01. The lowest BCUT2D eigenvalue weighted by Gasteiger charge is -2.06. The number of carbonyl (C=O) groups excluding carboxylic acids is 2. The Labute approximate surface area is 146 Å². The summed E-state index contributed by atoms with van der Waals surface area (Å²) in [5.74, 6) is -0.960. The fourth-order valence-corrected chi connectivity index (χ4v) is 2.43. The molecule has 0 saturated heterocycles. The molecule has 2 heterocycles. The molecule has 2 rings (SSSR count). The molecule has 1 aliphatic heterocycles. The van der Waals surface area contributed by atoms with Gasteiger partial charge in [-0.2, -0.15) is 0 Å². The highest BCUT2D eigenvalue weighted by Crippen LogP contribution is 2.29. The molecular formula is C19H21NO5. The zero-order valence-corrected chi connectivity index (χ0v) is 14.5. The summed E-state index contributed by atoms with van der Waals surface area (Å²) in [5.41, 5.74) is 2.37. The third-order valence-electron chi connectivity index (χ3n) is 3.72. The highest BCUT2D eigenvalue weighted by molar-refractivity contribution is 6.25. The number of allylic oxidation sites excluding steroid dienone is 5. The number of aliphatic hydroxyl groups excluding tert-OH is 1. The lowest BCUT2D eigenvalue weighted by Crippen LogP contribution is -2.15. The number of aryl methyl sites for hydroxylation is 1. The molecule has 0 atom stereocenters. The van der Waals surface area contributed by atoms with Crippen molar-refractivity contribution in [2.75, 3.05) is 13.2 Å². The second-order valence-electron chi connectivity index (χ2n) is 5.46. The van der Waals surface area contributed by atoms with Crippen LogP contribution in [0.2, 0.25) is 0 Å². The highest BCUT2D eigenvalue weighted by Gasteiger charge is 2.34. The molecule has 0 aromatic carbocycles. The van der Waals surface area contributed by atoms with Crippen LogP contribution < -0.4 is 0 Å². The van der Waals surface area contributed by atoms with Crippen molar-refractivity contribution >= 4 is 17.3 Å². The average Bonchev–Trinajstić information content (AvgIpc) is 2.87. The smallest absolute Gasteiger partial charge is 0.345 e. The summed E-state index contributed by atoms with van der Waals surface area (Å²) < 4.78 is 10.5. The number of aromatic nitrogens is 1. The van der Waals surface area contributed by atoms with E-state index in [1.807, 2.05) is 32.1 Å². The number of rotatable bonds is 6. The first-order chi connectivity index (χ1) is 12.0. The number of nitrogens with zero attached hydrogens (tertiary/aromatic N) is 1. The van der Waals surface area contributed by atoms with Crippen LogP contribution in [0.3, 0.4) is 0 Å². The van der Waals surface area contributed by atoms with Gasteiger partial charge < -0.3 is 14.6 Å². The molecule has 1 aromatic rings. The molecular weight excluding hydrogens is 322 g/mol. The predicted octanol–water partition coefficient (Wildman–Crippen LogP) is 2.48. The van der Waals surface area contributed by atoms with Crippen molar-refractivity contribution in [3.05, 3.63) is 58.8 Å². The Kier molecular flexibility index (Phi) is 6.25. The van der Waals surface area contributed by atoms with Gasteiger partial charge in [0.15, 0.2) is 5.76 Å². The molecule has 0 unspecified atom stereocenters. The summed E-state index contributed by atoms with van der Waals surface area (Å²) in [6.07, 6.45) is 5.46. The first-order valence-corrected chi connectivity index (χ1v) is 8.01.